The zero-order valence-corrected chi connectivity index (χ0v) is 13.3. The molecule has 112 valence electrons. The number of piperidine rings is 1. The quantitative estimate of drug-likeness (QED) is 0.933. The summed E-state index contributed by atoms with van der Waals surface area (Å²) in [4.78, 5) is 2.55. The molecule has 0 saturated carbocycles. The van der Waals surface area contributed by atoms with E-state index < -0.39 is 0 Å². The van der Waals surface area contributed by atoms with Gasteiger partial charge in [-0.3, -0.25) is 4.68 Å². The molecule has 3 atom stereocenters. The van der Waals surface area contributed by atoms with Crippen molar-refractivity contribution >= 4 is 11.6 Å². The van der Waals surface area contributed by atoms with Crippen molar-refractivity contribution in [2.45, 2.75) is 63.7 Å². The van der Waals surface area contributed by atoms with Crippen molar-refractivity contribution in [3.8, 4) is 0 Å². The van der Waals surface area contributed by atoms with Crippen molar-refractivity contribution in [2.24, 2.45) is 11.7 Å². The van der Waals surface area contributed by atoms with E-state index >= 15 is 0 Å². The maximum Gasteiger partial charge on any atom is 0.0834 e. The molecule has 3 heterocycles. The van der Waals surface area contributed by atoms with E-state index in [0.717, 1.165) is 10.7 Å². The maximum atomic E-state index is 6.59. The van der Waals surface area contributed by atoms with Gasteiger partial charge in [-0.15, -0.1) is 0 Å². The molecule has 0 aromatic carbocycles. The van der Waals surface area contributed by atoms with Crippen LogP contribution in [0.25, 0.3) is 0 Å². The van der Waals surface area contributed by atoms with Crippen LogP contribution in [0.2, 0.25) is 5.02 Å². The minimum atomic E-state index is 0.00389. The highest BCUT2D eigenvalue weighted by atomic mass is 35.5. The first-order valence-corrected chi connectivity index (χ1v) is 8.07. The maximum absolute atomic E-state index is 6.59. The molecule has 0 amide bonds. The molecule has 2 aliphatic heterocycles. The minimum absolute atomic E-state index is 0.00389. The smallest absolute Gasteiger partial charge is 0.0834 e. The summed E-state index contributed by atoms with van der Waals surface area (Å²) in [5.74, 6) is 0.524. The van der Waals surface area contributed by atoms with Gasteiger partial charge in [0.2, 0.25) is 0 Å². The lowest BCUT2D eigenvalue weighted by Gasteiger charge is -2.39. The molecular weight excluding hydrogens is 272 g/mol. The lowest BCUT2D eigenvalue weighted by Crippen LogP contribution is -2.43. The fraction of sp³-hybridized carbons (Fsp3) is 0.800. The fourth-order valence-electron chi connectivity index (χ4n) is 4.04. The number of rotatable bonds is 3. The van der Waals surface area contributed by atoms with Gasteiger partial charge in [-0.05, 0) is 52.5 Å². The zero-order valence-electron chi connectivity index (χ0n) is 12.6. The molecule has 4 nitrogen and oxygen atoms in total. The Morgan fingerprint density at radius 1 is 1.30 bits per heavy atom. The molecular formula is C15H25ClN4. The molecule has 3 unspecified atom stereocenters. The predicted molar refractivity (Wildman–Crippen MR) is 81.8 cm³/mol. The first-order valence-electron chi connectivity index (χ1n) is 7.69. The summed E-state index contributed by atoms with van der Waals surface area (Å²) in [6.45, 7) is 4.25. The van der Waals surface area contributed by atoms with Crippen LogP contribution in [-0.4, -0.2) is 33.8 Å². The summed E-state index contributed by atoms with van der Waals surface area (Å²) in [6, 6.07) is 1.72. The predicted octanol–water partition coefficient (Wildman–Crippen LogP) is 2.99. The molecule has 2 N–H and O–H groups in total. The Bertz CT molecular complexity index is 470. The number of fused-ring (bicyclic) bond motifs is 2. The number of hydrogen-bond donors (Lipinski definition) is 1. The third-order valence-corrected chi connectivity index (χ3v) is 5.53. The van der Waals surface area contributed by atoms with Crippen LogP contribution in [-0.2, 0) is 0 Å². The average molecular weight is 297 g/mol. The second kappa shape index (κ2) is 5.32. The molecule has 1 aromatic heterocycles. The topological polar surface area (TPSA) is 47.1 Å². The first kappa shape index (κ1) is 14.4. The SMILES string of the molecule is CC(C)n1ncc(Cl)c1C(N)C1CC2CCC(C1)N2C. The molecule has 0 spiro atoms. The van der Waals surface area contributed by atoms with Crippen LogP contribution in [0.4, 0.5) is 0 Å². The van der Waals surface area contributed by atoms with Crippen molar-refractivity contribution in [1.29, 1.82) is 0 Å². The monoisotopic (exact) mass is 296 g/mol. The van der Waals surface area contributed by atoms with Crippen LogP contribution in [0.3, 0.4) is 0 Å². The van der Waals surface area contributed by atoms with E-state index in [1.54, 1.807) is 6.20 Å². The van der Waals surface area contributed by atoms with Crippen molar-refractivity contribution in [3.05, 3.63) is 16.9 Å². The Hall–Kier alpha value is -0.580. The van der Waals surface area contributed by atoms with Gasteiger partial charge in [-0.1, -0.05) is 11.6 Å². The summed E-state index contributed by atoms with van der Waals surface area (Å²) in [7, 11) is 2.26. The van der Waals surface area contributed by atoms with Crippen LogP contribution in [0.15, 0.2) is 6.20 Å². The van der Waals surface area contributed by atoms with Crippen LogP contribution in [0, 0.1) is 5.92 Å². The summed E-state index contributed by atoms with van der Waals surface area (Å²) >= 11 is 6.35. The number of nitrogens with two attached hydrogens (primary N) is 1. The van der Waals surface area contributed by atoms with E-state index in [2.05, 4.69) is 30.9 Å². The van der Waals surface area contributed by atoms with Crippen LogP contribution >= 0.6 is 11.6 Å². The molecule has 2 aliphatic rings. The van der Waals surface area contributed by atoms with Gasteiger partial charge in [-0.2, -0.15) is 5.10 Å². The molecule has 5 heteroatoms. The molecule has 20 heavy (non-hydrogen) atoms. The Balaban J connectivity index is 1.83. The first-order chi connectivity index (χ1) is 9.49. The Morgan fingerprint density at radius 2 is 1.90 bits per heavy atom. The van der Waals surface area contributed by atoms with Gasteiger partial charge in [0.05, 0.1) is 23.0 Å². The third-order valence-electron chi connectivity index (χ3n) is 5.23. The second-order valence-corrected chi connectivity index (χ2v) is 7.13. The van der Waals surface area contributed by atoms with Crippen molar-refractivity contribution in [3.63, 3.8) is 0 Å². The van der Waals surface area contributed by atoms with Crippen LogP contribution in [0.5, 0.6) is 0 Å². The minimum Gasteiger partial charge on any atom is -0.322 e. The molecule has 0 radical (unpaired) electrons. The van der Waals surface area contributed by atoms with E-state index in [1.807, 2.05) is 4.68 Å². The van der Waals surface area contributed by atoms with Crippen LogP contribution in [0.1, 0.15) is 57.3 Å². The largest absolute Gasteiger partial charge is 0.322 e. The summed E-state index contributed by atoms with van der Waals surface area (Å²) < 4.78 is 1.99. The van der Waals surface area contributed by atoms with Crippen molar-refractivity contribution in [1.82, 2.24) is 14.7 Å². The second-order valence-electron chi connectivity index (χ2n) is 6.72. The molecule has 0 aliphatic carbocycles. The number of hydrogen-bond acceptors (Lipinski definition) is 3. The Labute approximate surface area is 126 Å². The van der Waals surface area contributed by atoms with E-state index in [4.69, 9.17) is 17.3 Å². The highest BCUT2D eigenvalue weighted by molar-refractivity contribution is 6.31. The highest BCUT2D eigenvalue weighted by Crippen LogP contribution is 2.42. The van der Waals surface area contributed by atoms with Crippen molar-refractivity contribution < 1.29 is 0 Å². The summed E-state index contributed by atoms with van der Waals surface area (Å²) in [5, 5.41) is 5.11. The van der Waals surface area contributed by atoms with Crippen molar-refractivity contribution in [2.75, 3.05) is 7.05 Å². The lowest BCUT2D eigenvalue weighted by atomic mass is 9.84. The third kappa shape index (κ3) is 2.28. The van der Waals surface area contributed by atoms with Gasteiger partial charge in [0.25, 0.3) is 0 Å². The molecule has 3 rings (SSSR count). The van der Waals surface area contributed by atoms with Gasteiger partial charge in [0.1, 0.15) is 0 Å². The van der Waals surface area contributed by atoms with E-state index in [-0.39, 0.29) is 6.04 Å². The molecule has 2 fully saturated rings. The molecule has 2 saturated heterocycles. The summed E-state index contributed by atoms with van der Waals surface area (Å²) in [6.07, 6.45) is 6.75. The Morgan fingerprint density at radius 3 is 2.45 bits per heavy atom. The van der Waals surface area contributed by atoms with E-state index in [1.165, 1.54) is 25.7 Å². The molecule has 1 aromatic rings. The van der Waals surface area contributed by atoms with E-state index in [9.17, 15) is 0 Å². The average Bonchev–Trinajstić information content (AvgIpc) is 2.85. The normalized spacial score (nSPS) is 32.0. The lowest BCUT2D eigenvalue weighted by molar-refractivity contribution is 0.119. The van der Waals surface area contributed by atoms with Gasteiger partial charge in [-0.25, -0.2) is 0 Å². The molecule has 2 bridgehead atoms. The van der Waals surface area contributed by atoms with E-state index in [0.29, 0.717) is 24.0 Å². The van der Waals surface area contributed by atoms with Gasteiger partial charge >= 0.3 is 0 Å². The van der Waals surface area contributed by atoms with Gasteiger partial charge < -0.3 is 10.6 Å². The van der Waals surface area contributed by atoms with Crippen LogP contribution < -0.4 is 5.73 Å². The number of nitrogens with zero attached hydrogens (tertiary/aromatic N) is 3. The number of aromatic nitrogens is 2. The van der Waals surface area contributed by atoms with Gasteiger partial charge in [0, 0.05) is 18.1 Å². The van der Waals surface area contributed by atoms with Gasteiger partial charge in [0.15, 0.2) is 0 Å². The highest BCUT2D eigenvalue weighted by Gasteiger charge is 2.41. The fourth-order valence-corrected chi connectivity index (χ4v) is 4.30. The number of halogens is 1. The standard InChI is InChI=1S/C15H25ClN4/c1-9(2)20-15(13(16)8-18-20)14(17)10-6-11-4-5-12(7-10)19(11)3/h8-12,14H,4-7,17H2,1-3H3. The Kier molecular flexibility index (Phi) is 3.82. The summed E-state index contributed by atoms with van der Waals surface area (Å²) in [5.41, 5.74) is 7.61. The zero-order chi connectivity index (χ0) is 14.4.